The number of carbonyl (C=O) groups excluding carboxylic acids is 1. The maximum Gasteiger partial charge on any atom is 0.252 e. The minimum absolute atomic E-state index is 0.410. The van der Waals surface area contributed by atoms with Gasteiger partial charge in [0, 0.05) is 45.0 Å². The van der Waals surface area contributed by atoms with Crippen LogP contribution in [-0.4, -0.2) is 42.0 Å². The number of benzene rings is 1. The van der Waals surface area contributed by atoms with Crippen LogP contribution in [0.1, 0.15) is 21.5 Å². The van der Waals surface area contributed by atoms with Crippen molar-refractivity contribution in [1.29, 1.82) is 5.26 Å². The molecule has 1 saturated heterocycles. The molecule has 1 aliphatic heterocycles. The highest BCUT2D eigenvalue weighted by Crippen LogP contribution is 2.19. The minimum atomic E-state index is -0.481. The number of amides is 1. The molecule has 0 bridgehead atoms. The number of nitriles is 1. The number of carbonyl (C=O) groups is 1. The molecule has 121 valence electrons. The predicted molar refractivity (Wildman–Crippen MR) is 90.2 cm³/mol. The third kappa shape index (κ3) is 3.53. The van der Waals surface area contributed by atoms with Crippen molar-refractivity contribution in [1.82, 2.24) is 9.88 Å². The fourth-order valence-corrected chi connectivity index (χ4v) is 2.90. The van der Waals surface area contributed by atoms with Gasteiger partial charge in [-0.25, -0.2) is 4.98 Å². The molecule has 1 aliphatic rings. The highest BCUT2D eigenvalue weighted by atomic mass is 16.1. The molecule has 6 nitrogen and oxygen atoms in total. The number of primary amides is 1. The second-order valence-corrected chi connectivity index (χ2v) is 5.75. The van der Waals surface area contributed by atoms with E-state index in [4.69, 9.17) is 11.0 Å². The van der Waals surface area contributed by atoms with Crippen LogP contribution in [0.25, 0.3) is 0 Å². The van der Waals surface area contributed by atoms with Crippen LogP contribution in [0, 0.1) is 17.4 Å². The number of anilines is 1. The standard InChI is InChI=1S/C18H18N5O/c19-12-14-3-1-4-15(11-14)13-22-7-9-23(10-8-22)18-16(17(20)24)5-2-6-21-18/h1,3-6,11H,7-10,13H2,(H2,20,24). The van der Waals surface area contributed by atoms with Crippen molar-refractivity contribution in [2.45, 2.75) is 6.54 Å². The fraction of sp³-hybridized carbons (Fsp3) is 0.278. The first-order chi connectivity index (χ1) is 11.7. The summed E-state index contributed by atoms with van der Waals surface area (Å²) in [5, 5.41) is 8.98. The number of piperazine rings is 1. The van der Waals surface area contributed by atoms with Gasteiger partial charge in [-0.1, -0.05) is 12.1 Å². The zero-order valence-corrected chi connectivity index (χ0v) is 13.3. The van der Waals surface area contributed by atoms with Crippen LogP contribution < -0.4 is 10.6 Å². The summed E-state index contributed by atoms with van der Waals surface area (Å²) in [5.74, 6) is 0.150. The number of hydrogen-bond acceptors (Lipinski definition) is 5. The fourth-order valence-electron chi connectivity index (χ4n) is 2.90. The molecule has 3 rings (SSSR count). The number of pyridine rings is 1. The molecule has 0 spiro atoms. The summed E-state index contributed by atoms with van der Waals surface area (Å²) < 4.78 is 0. The average Bonchev–Trinajstić information content (AvgIpc) is 2.62. The van der Waals surface area contributed by atoms with Crippen LogP contribution >= 0.6 is 0 Å². The molecule has 0 atom stereocenters. The number of nitrogens with zero attached hydrogens (tertiary/aromatic N) is 4. The Kier molecular flexibility index (Phi) is 4.73. The van der Waals surface area contributed by atoms with Crippen LogP contribution in [-0.2, 0) is 6.54 Å². The number of rotatable bonds is 4. The molecule has 6 heteroatoms. The Morgan fingerprint density at radius 2 is 2.12 bits per heavy atom. The van der Waals surface area contributed by atoms with Crippen molar-refractivity contribution in [3.63, 3.8) is 0 Å². The second kappa shape index (κ2) is 7.11. The number of nitrogens with two attached hydrogens (primary N) is 1. The molecule has 2 aromatic rings. The van der Waals surface area contributed by atoms with Gasteiger partial charge in [0.2, 0.25) is 0 Å². The Morgan fingerprint density at radius 1 is 1.33 bits per heavy atom. The molecular weight excluding hydrogens is 302 g/mol. The average molecular weight is 320 g/mol. The van der Waals surface area contributed by atoms with Crippen molar-refractivity contribution >= 4 is 11.7 Å². The van der Waals surface area contributed by atoms with Crippen LogP contribution in [0.3, 0.4) is 0 Å². The van der Waals surface area contributed by atoms with Crippen molar-refractivity contribution < 1.29 is 4.79 Å². The molecule has 2 N–H and O–H groups in total. The summed E-state index contributed by atoms with van der Waals surface area (Å²) in [6.07, 6.45) is 1.56. The van der Waals surface area contributed by atoms with Gasteiger partial charge < -0.3 is 10.6 Å². The molecule has 1 aromatic heterocycles. The van der Waals surface area contributed by atoms with Crippen LogP contribution in [0.4, 0.5) is 5.82 Å². The van der Waals surface area contributed by atoms with E-state index in [1.807, 2.05) is 24.3 Å². The molecule has 1 radical (unpaired) electrons. The van der Waals surface area contributed by atoms with Gasteiger partial charge >= 0.3 is 0 Å². The Bertz CT molecular complexity index is 775. The van der Waals surface area contributed by atoms with Crippen molar-refractivity contribution in [2.75, 3.05) is 31.1 Å². The van der Waals surface area contributed by atoms with E-state index in [2.05, 4.69) is 26.9 Å². The van der Waals surface area contributed by atoms with E-state index < -0.39 is 5.91 Å². The molecule has 0 saturated carbocycles. The summed E-state index contributed by atoms with van der Waals surface area (Å²) in [4.78, 5) is 20.2. The highest BCUT2D eigenvalue weighted by Gasteiger charge is 2.21. The first-order valence-corrected chi connectivity index (χ1v) is 7.79. The van der Waals surface area contributed by atoms with E-state index in [9.17, 15) is 4.79 Å². The van der Waals surface area contributed by atoms with E-state index in [1.165, 1.54) is 0 Å². The molecule has 1 amide bonds. The normalized spacial score (nSPS) is 15.0. The monoisotopic (exact) mass is 320 g/mol. The molecule has 0 unspecified atom stereocenters. The Hall–Kier alpha value is -2.91. The van der Waals surface area contributed by atoms with Gasteiger partial charge in [-0.3, -0.25) is 9.69 Å². The summed E-state index contributed by atoms with van der Waals surface area (Å²) in [5.41, 5.74) is 7.64. The van der Waals surface area contributed by atoms with Crippen LogP contribution in [0.5, 0.6) is 0 Å². The lowest BCUT2D eigenvalue weighted by molar-refractivity contribution is 0.1000. The number of aromatic nitrogens is 1. The third-order valence-corrected chi connectivity index (χ3v) is 4.13. The maximum atomic E-state index is 11.5. The van der Waals surface area contributed by atoms with Crippen LogP contribution in [0.2, 0.25) is 0 Å². The largest absolute Gasteiger partial charge is 0.365 e. The molecule has 0 aliphatic carbocycles. The number of hydrogen-bond donors (Lipinski definition) is 1. The minimum Gasteiger partial charge on any atom is -0.365 e. The molecule has 24 heavy (non-hydrogen) atoms. The zero-order chi connectivity index (χ0) is 16.9. The predicted octanol–water partition coefficient (Wildman–Crippen LogP) is 1.17. The second-order valence-electron chi connectivity index (χ2n) is 5.75. The van der Waals surface area contributed by atoms with Crippen molar-refractivity contribution in [3.05, 3.63) is 59.3 Å². The Balaban J connectivity index is 1.64. The molecule has 1 aromatic carbocycles. The van der Waals surface area contributed by atoms with Gasteiger partial charge in [0.15, 0.2) is 0 Å². The lowest BCUT2D eigenvalue weighted by atomic mass is 10.1. The van der Waals surface area contributed by atoms with E-state index >= 15 is 0 Å². The molecule has 1 fully saturated rings. The topological polar surface area (TPSA) is 86.2 Å². The maximum absolute atomic E-state index is 11.5. The van der Waals surface area contributed by atoms with E-state index in [0.29, 0.717) is 16.9 Å². The lowest BCUT2D eigenvalue weighted by Crippen LogP contribution is -2.46. The van der Waals surface area contributed by atoms with Crippen molar-refractivity contribution in [2.24, 2.45) is 5.73 Å². The summed E-state index contributed by atoms with van der Waals surface area (Å²) in [6.45, 7) is 4.07. The van der Waals surface area contributed by atoms with Gasteiger partial charge in [-0.15, -0.1) is 0 Å². The first kappa shape index (κ1) is 16.0. The zero-order valence-electron chi connectivity index (χ0n) is 13.3. The van der Waals surface area contributed by atoms with E-state index in [0.717, 1.165) is 38.3 Å². The summed E-state index contributed by atoms with van der Waals surface area (Å²) >= 11 is 0. The summed E-state index contributed by atoms with van der Waals surface area (Å²) in [7, 11) is 0. The lowest BCUT2D eigenvalue weighted by Gasteiger charge is -2.36. The first-order valence-electron chi connectivity index (χ1n) is 7.79. The van der Waals surface area contributed by atoms with Crippen molar-refractivity contribution in [3.8, 4) is 6.07 Å². The van der Waals surface area contributed by atoms with E-state index in [1.54, 1.807) is 12.3 Å². The van der Waals surface area contributed by atoms with Gasteiger partial charge in [0.1, 0.15) is 5.82 Å². The van der Waals surface area contributed by atoms with E-state index in [-0.39, 0.29) is 0 Å². The quantitative estimate of drug-likeness (QED) is 0.914. The van der Waals surface area contributed by atoms with Gasteiger partial charge in [-0.05, 0) is 23.8 Å². The summed E-state index contributed by atoms with van der Waals surface area (Å²) in [6, 6.07) is 14.2. The van der Waals surface area contributed by atoms with Crippen LogP contribution in [0.15, 0.2) is 36.5 Å². The van der Waals surface area contributed by atoms with Gasteiger partial charge in [-0.2, -0.15) is 5.26 Å². The Labute approximate surface area is 141 Å². The van der Waals surface area contributed by atoms with Gasteiger partial charge in [0.05, 0.1) is 17.2 Å². The third-order valence-electron chi connectivity index (χ3n) is 4.13. The molecule has 2 heterocycles. The Morgan fingerprint density at radius 3 is 2.83 bits per heavy atom. The molecular formula is C18H18N5O. The van der Waals surface area contributed by atoms with Gasteiger partial charge in [0.25, 0.3) is 5.91 Å². The SMILES string of the molecule is N#Cc1cccc(CN2CCN(c3nc[c]cc3C(N)=O)CC2)c1. The smallest absolute Gasteiger partial charge is 0.252 e. The highest BCUT2D eigenvalue weighted by molar-refractivity contribution is 5.97.